The number of ether oxygens (including phenoxy) is 2. The van der Waals surface area contributed by atoms with Crippen molar-refractivity contribution in [2.24, 2.45) is 0 Å². The third-order valence-electron chi connectivity index (χ3n) is 6.92. The Balaban J connectivity index is 1.36. The number of phenols is 1. The molecule has 0 saturated carbocycles. The van der Waals surface area contributed by atoms with Crippen molar-refractivity contribution in [2.45, 2.75) is 36.6 Å². The monoisotopic (exact) mass is 603 g/mol. The average molecular weight is 604 g/mol. The number of hydrogen-bond donors (Lipinski definition) is 6. The van der Waals surface area contributed by atoms with Gasteiger partial charge in [-0.1, -0.05) is 36.4 Å². The first-order chi connectivity index (χ1) is 19.9. The number of aromatic nitrogens is 4. The molecule has 1 aliphatic heterocycles. The van der Waals surface area contributed by atoms with Crippen LogP contribution in [0, 0.1) is 5.82 Å². The maximum Gasteiger partial charge on any atom is 0.348 e. The van der Waals surface area contributed by atoms with Gasteiger partial charge in [0.15, 0.2) is 29.3 Å². The van der Waals surface area contributed by atoms with Gasteiger partial charge >= 0.3 is 11.9 Å². The van der Waals surface area contributed by atoms with Gasteiger partial charge in [0.1, 0.15) is 23.8 Å². The van der Waals surface area contributed by atoms with Crippen molar-refractivity contribution >= 4 is 40.5 Å². The van der Waals surface area contributed by atoms with Crippen LogP contribution in [0.1, 0.15) is 11.8 Å². The van der Waals surface area contributed by atoms with Gasteiger partial charge in [0, 0.05) is 12.0 Å². The number of halogens is 2. The SMILES string of the molecule is Nc1nc(Cl)nc2c1ncn2[C@@H]1O[C@H](COC(Cc2ccc(-c3cccc(F)c3O)cc2)(C(=O)O)C(=O)O)[C@@H](O)[C@H]1O. The number of imidazole rings is 1. The minimum atomic E-state index is -2.81. The fourth-order valence-corrected chi connectivity index (χ4v) is 4.84. The number of hydrogen-bond acceptors (Lipinski definition) is 11. The lowest BCUT2D eigenvalue weighted by atomic mass is 9.92. The summed E-state index contributed by atoms with van der Waals surface area (Å²) in [6.45, 7) is -0.743. The number of aliphatic carboxylic acids is 2. The molecule has 4 aromatic rings. The summed E-state index contributed by atoms with van der Waals surface area (Å²) in [6.07, 6.45) is -5.29. The first-order valence-electron chi connectivity index (χ1n) is 12.3. The molecule has 0 radical (unpaired) electrons. The van der Waals surface area contributed by atoms with Gasteiger partial charge in [-0.3, -0.25) is 4.57 Å². The summed E-state index contributed by atoms with van der Waals surface area (Å²) in [4.78, 5) is 36.4. The van der Waals surface area contributed by atoms with Crippen LogP contribution in [0.4, 0.5) is 10.2 Å². The van der Waals surface area contributed by atoms with Gasteiger partial charge in [-0.2, -0.15) is 9.97 Å². The number of carbonyl (C=O) groups is 2. The molecular weight excluding hydrogens is 581 g/mol. The zero-order chi connectivity index (χ0) is 30.3. The van der Waals surface area contributed by atoms with E-state index >= 15 is 0 Å². The van der Waals surface area contributed by atoms with Crippen LogP contribution in [0.15, 0.2) is 48.8 Å². The average Bonchev–Trinajstić information content (AvgIpc) is 3.48. The second kappa shape index (κ2) is 11.1. The van der Waals surface area contributed by atoms with E-state index in [-0.39, 0.29) is 33.4 Å². The molecule has 1 fully saturated rings. The molecule has 1 saturated heterocycles. The summed E-state index contributed by atoms with van der Waals surface area (Å²) < 4.78 is 26.1. The summed E-state index contributed by atoms with van der Waals surface area (Å²) in [5, 5.41) is 51.0. The van der Waals surface area contributed by atoms with Crippen molar-refractivity contribution in [1.82, 2.24) is 19.5 Å². The quantitative estimate of drug-likeness (QED) is 0.118. The fourth-order valence-electron chi connectivity index (χ4n) is 4.67. The third kappa shape index (κ3) is 5.08. The molecule has 0 amide bonds. The molecule has 4 atom stereocenters. The lowest BCUT2D eigenvalue weighted by Crippen LogP contribution is -2.52. The Bertz CT molecular complexity index is 1650. The number of carboxylic acids is 2. The van der Waals surface area contributed by atoms with Gasteiger partial charge in [-0.15, -0.1) is 0 Å². The number of nitrogens with two attached hydrogens (primary N) is 1. The maximum absolute atomic E-state index is 13.8. The first kappa shape index (κ1) is 29.1. The molecule has 14 nitrogen and oxygen atoms in total. The molecule has 42 heavy (non-hydrogen) atoms. The van der Waals surface area contributed by atoms with E-state index < -0.39 is 66.7 Å². The summed E-state index contributed by atoms with van der Waals surface area (Å²) in [6, 6.07) is 9.71. The van der Waals surface area contributed by atoms with Crippen LogP contribution >= 0.6 is 11.6 Å². The largest absolute Gasteiger partial charge is 0.504 e. The second-order valence-corrected chi connectivity index (χ2v) is 9.84. The van der Waals surface area contributed by atoms with Crippen molar-refractivity contribution in [1.29, 1.82) is 0 Å². The number of rotatable bonds is 9. The number of carboxylic acid groups (broad SMARTS) is 2. The molecule has 1 aliphatic rings. The van der Waals surface area contributed by atoms with E-state index in [1.165, 1.54) is 47.3 Å². The van der Waals surface area contributed by atoms with Crippen molar-refractivity contribution in [3.05, 3.63) is 65.5 Å². The molecule has 7 N–H and O–H groups in total. The molecule has 2 aromatic heterocycles. The van der Waals surface area contributed by atoms with Crippen LogP contribution < -0.4 is 5.73 Å². The van der Waals surface area contributed by atoms with Gasteiger partial charge < -0.3 is 40.7 Å². The van der Waals surface area contributed by atoms with E-state index in [0.29, 0.717) is 5.56 Å². The summed E-state index contributed by atoms with van der Waals surface area (Å²) in [7, 11) is 0. The zero-order valence-corrected chi connectivity index (χ0v) is 22.1. The molecule has 0 unspecified atom stereocenters. The summed E-state index contributed by atoms with van der Waals surface area (Å²) in [5.74, 6) is -5.09. The Kier molecular flexibility index (Phi) is 7.70. The highest BCUT2D eigenvalue weighted by atomic mass is 35.5. The Labute approximate surface area is 240 Å². The zero-order valence-electron chi connectivity index (χ0n) is 21.3. The van der Waals surface area contributed by atoms with E-state index in [9.17, 15) is 39.5 Å². The molecule has 2 aromatic carbocycles. The van der Waals surface area contributed by atoms with E-state index in [1.807, 2.05) is 0 Å². The predicted molar refractivity (Wildman–Crippen MR) is 142 cm³/mol. The minimum absolute atomic E-state index is 0.0369. The molecule has 5 rings (SSSR count). The van der Waals surface area contributed by atoms with Crippen LogP contribution in [-0.2, 0) is 25.5 Å². The summed E-state index contributed by atoms with van der Waals surface area (Å²) in [5.41, 5.74) is 4.04. The lowest BCUT2D eigenvalue weighted by Gasteiger charge is -2.27. The van der Waals surface area contributed by atoms with E-state index in [1.54, 1.807) is 0 Å². The Morgan fingerprint density at radius 3 is 2.45 bits per heavy atom. The molecule has 0 aliphatic carbocycles. The second-order valence-electron chi connectivity index (χ2n) is 9.51. The fraction of sp³-hybridized carbons (Fsp3) is 0.269. The number of aromatic hydroxyl groups is 1. The molecular formula is C26H23ClFN5O9. The van der Waals surface area contributed by atoms with Crippen molar-refractivity contribution in [2.75, 3.05) is 12.3 Å². The van der Waals surface area contributed by atoms with Gasteiger partial charge in [-0.05, 0) is 28.8 Å². The van der Waals surface area contributed by atoms with E-state index in [4.69, 9.17) is 26.8 Å². The van der Waals surface area contributed by atoms with E-state index in [0.717, 1.165) is 6.07 Å². The highest BCUT2D eigenvalue weighted by Crippen LogP contribution is 2.35. The summed E-state index contributed by atoms with van der Waals surface area (Å²) >= 11 is 5.88. The van der Waals surface area contributed by atoms with Crippen molar-refractivity contribution < 1.29 is 49.0 Å². The van der Waals surface area contributed by atoms with Gasteiger partial charge in [0.25, 0.3) is 5.60 Å². The van der Waals surface area contributed by atoms with Crippen LogP contribution in [0.5, 0.6) is 5.75 Å². The van der Waals surface area contributed by atoms with Crippen LogP contribution in [0.25, 0.3) is 22.3 Å². The predicted octanol–water partition coefficient (Wildman–Crippen LogP) is 1.36. The van der Waals surface area contributed by atoms with Crippen LogP contribution in [-0.4, -0.2) is 87.5 Å². The number of aliphatic hydroxyl groups is 2. The van der Waals surface area contributed by atoms with E-state index in [2.05, 4.69) is 15.0 Å². The van der Waals surface area contributed by atoms with Crippen molar-refractivity contribution in [3.8, 4) is 16.9 Å². The third-order valence-corrected chi connectivity index (χ3v) is 7.09. The molecule has 220 valence electrons. The van der Waals surface area contributed by atoms with Crippen LogP contribution in [0.2, 0.25) is 5.28 Å². The van der Waals surface area contributed by atoms with Gasteiger partial charge in [0.05, 0.1) is 12.9 Å². The molecule has 0 spiro atoms. The van der Waals surface area contributed by atoms with Gasteiger partial charge in [-0.25, -0.2) is 19.0 Å². The maximum atomic E-state index is 13.8. The Hall–Kier alpha value is -4.41. The number of nitrogen functional groups attached to an aromatic ring is 1. The highest BCUT2D eigenvalue weighted by Gasteiger charge is 2.51. The number of aliphatic hydroxyl groups excluding tert-OH is 2. The Morgan fingerprint density at radius 1 is 1.10 bits per heavy atom. The number of fused-ring (bicyclic) bond motifs is 1. The smallest absolute Gasteiger partial charge is 0.348 e. The van der Waals surface area contributed by atoms with Gasteiger partial charge in [0.2, 0.25) is 5.28 Å². The Morgan fingerprint density at radius 2 is 1.79 bits per heavy atom. The molecule has 0 bridgehead atoms. The molecule has 3 heterocycles. The minimum Gasteiger partial charge on any atom is -0.504 e. The standard InChI is InChI=1S/C26H23ClFN5O9/c27-25-31-20(29)16-21(32-25)33(10-30-16)22-19(36)18(35)15(42-22)9-41-26(23(37)38,24(39)40)8-11-4-6-12(7-5-11)13-2-1-3-14(28)17(13)34/h1-7,10,15,18-19,22,34-36H,8-9H2,(H,37,38)(H,39,40)(H2,29,31,32)/t15-,18-,19-,22-/m1/s1. The van der Waals surface area contributed by atoms with Crippen molar-refractivity contribution in [3.63, 3.8) is 0 Å². The number of anilines is 1. The number of para-hydroxylation sites is 1. The topological polar surface area (TPSA) is 223 Å². The number of nitrogens with zero attached hydrogens (tertiary/aromatic N) is 4. The van der Waals surface area contributed by atoms with Crippen LogP contribution in [0.3, 0.4) is 0 Å². The lowest BCUT2D eigenvalue weighted by molar-refractivity contribution is -0.190. The highest BCUT2D eigenvalue weighted by molar-refractivity contribution is 6.28. The first-order valence-corrected chi connectivity index (χ1v) is 12.7. The number of phenolic OH excluding ortho intramolecular Hbond substituents is 1. The number of benzene rings is 2. The molecule has 16 heteroatoms. The normalized spacial score (nSPS) is 20.7.